The van der Waals surface area contributed by atoms with Crippen LogP contribution in [-0.4, -0.2) is 36.1 Å². The molecular formula is C13H16N2O2. The van der Waals surface area contributed by atoms with Crippen molar-refractivity contribution in [2.45, 2.75) is 0 Å². The summed E-state index contributed by atoms with van der Waals surface area (Å²) in [5.74, 6) is 0.243. The van der Waals surface area contributed by atoms with E-state index < -0.39 is 0 Å². The van der Waals surface area contributed by atoms with Gasteiger partial charge in [0.1, 0.15) is 0 Å². The molecule has 0 fully saturated rings. The maximum Gasteiger partial charge on any atom is 0.200 e. The smallest absolute Gasteiger partial charge is 0.200 e. The molecule has 0 saturated carbocycles. The summed E-state index contributed by atoms with van der Waals surface area (Å²) in [5, 5.41) is 11.0. The van der Waals surface area contributed by atoms with E-state index in [-0.39, 0.29) is 5.88 Å². The Balaban J connectivity index is 2.39. The van der Waals surface area contributed by atoms with Gasteiger partial charge < -0.3 is 14.4 Å². The molecule has 0 unspecified atom stereocenters. The van der Waals surface area contributed by atoms with Gasteiger partial charge in [-0.25, -0.2) is 0 Å². The minimum atomic E-state index is 0.243. The van der Waals surface area contributed by atoms with Crippen molar-refractivity contribution >= 4 is 17.1 Å². The quantitative estimate of drug-likeness (QED) is 0.647. The molecule has 1 aromatic carbocycles. The van der Waals surface area contributed by atoms with Crippen LogP contribution in [0.1, 0.15) is 5.56 Å². The molecule has 0 spiro atoms. The summed E-state index contributed by atoms with van der Waals surface area (Å²) in [6.07, 6.45) is 1.71. The van der Waals surface area contributed by atoms with E-state index in [1.54, 1.807) is 17.9 Å². The van der Waals surface area contributed by atoms with Crippen LogP contribution in [0, 0.1) is 0 Å². The van der Waals surface area contributed by atoms with Crippen LogP contribution >= 0.6 is 0 Å². The van der Waals surface area contributed by atoms with Gasteiger partial charge in [0.25, 0.3) is 0 Å². The highest BCUT2D eigenvalue weighted by Crippen LogP contribution is 2.28. The lowest BCUT2D eigenvalue weighted by Crippen LogP contribution is -1.93. The third-order valence-corrected chi connectivity index (χ3v) is 2.76. The minimum absolute atomic E-state index is 0.243. The summed E-state index contributed by atoms with van der Waals surface area (Å²) < 4.78 is 6.68. The first-order valence-electron chi connectivity index (χ1n) is 5.51. The van der Waals surface area contributed by atoms with Crippen molar-refractivity contribution in [3.8, 4) is 5.88 Å². The highest BCUT2D eigenvalue weighted by molar-refractivity contribution is 6.02. The largest absolute Gasteiger partial charge is 0.494 e. The Morgan fingerprint density at radius 3 is 2.94 bits per heavy atom. The first kappa shape index (κ1) is 11.7. The predicted molar refractivity (Wildman–Crippen MR) is 68.9 cm³/mol. The zero-order valence-electron chi connectivity index (χ0n) is 10.1. The normalized spacial score (nSPS) is 11.6. The third kappa shape index (κ3) is 2.17. The number of hydrogen-bond donors (Lipinski definition) is 1. The number of para-hydroxylation sites is 1. The third-order valence-electron chi connectivity index (χ3n) is 2.76. The van der Waals surface area contributed by atoms with Crippen LogP contribution in [-0.2, 0) is 11.8 Å². The molecule has 0 amide bonds. The number of aryl methyl sites for hydroxylation is 1. The molecule has 0 atom stereocenters. The molecule has 2 rings (SSSR count). The molecule has 90 valence electrons. The molecule has 0 aliphatic rings. The molecule has 0 aliphatic carbocycles. The fourth-order valence-corrected chi connectivity index (χ4v) is 1.84. The second-order valence-corrected chi connectivity index (χ2v) is 3.84. The van der Waals surface area contributed by atoms with Gasteiger partial charge in [0, 0.05) is 25.8 Å². The van der Waals surface area contributed by atoms with Crippen LogP contribution in [0.5, 0.6) is 5.88 Å². The summed E-state index contributed by atoms with van der Waals surface area (Å²) in [6.45, 7) is 1.18. The summed E-state index contributed by atoms with van der Waals surface area (Å²) in [7, 11) is 3.48. The van der Waals surface area contributed by atoms with Gasteiger partial charge in [0.15, 0.2) is 0 Å². The minimum Gasteiger partial charge on any atom is -0.494 e. The highest BCUT2D eigenvalue weighted by Gasteiger charge is 2.11. The summed E-state index contributed by atoms with van der Waals surface area (Å²) >= 11 is 0. The van der Waals surface area contributed by atoms with Crippen molar-refractivity contribution in [2.24, 2.45) is 12.0 Å². The average Bonchev–Trinajstić information content (AvgIpc) is 2.60. The van der Waals surface area contributed by atoms with Crippen LogP contribution in [0.3, 0.4) is 0 Å². The lowest BCUT2D eigenvalue weighted by molar-refractivity contribution is 0.208. The average molecular weight is 232 g/mol. The molecular weight excluding hydrogens is 216 g/mol. The van der Waals surface area contributed by atoms with Gasteiger partial charge in [-0.15, -0.1) is 0 Å². The van der Waals surface area contributed by atoms with Gasteiger partial charge in [-0.1, -0.05) is 18.2 Å². The van der Waals surface area contributed by atoms with E-state index in [0.29, 0.717) is 13.2 Å². The van der Waals surface area contributed by atoms with Crippen LogP contribution in [0.15, 0.2) is 29.3 Å². The van der Waals surface area contributed by atoms with Gasteiger partial charge >= 0.3 is 0 Å². The molecule has 0 aliphatic heterocycles. The molecule has 17 heavy (non-hydrogen) atoms. The second kappa shape index (κ2) is 5.01. The van der Waals surface area contributed by atoms with Crippen LogP contribution in [0.4, 0.5) is 0 Å². The molecule has 0 bridgehead atoms. The van der Waals surface area contributed by atoms with Crippen molar-refractivity contribution < 1.29 is 9.84 Å². The number of nitrogens with zero attached hydrogens (tertiary/aromatic N) is 2. The van der Waals surface area contributed by atoms with E-state index in [1.165, 1.54) is 0 Å². The van der Waals surface area contributed by atoms with Gasteiger partial charge in [0.2, 0.25) is 5.88 Å². The fraction of sp³-hybridized carbons (Fsp3) is 0.308. The van der Waals surface area contributed by atoms with Crippen molar-refractivity contribution in [1.29, 1.82) is 0 Å². The maximum absolute atomic E-state index is 10.0. The summed E-state index contributed by atoms with van der Waals surface area (Å²) in [5.41, 5.74) is 1.76. The molecule has 0 radical (unpaired) electrons. The molecule has 1 aromatic heterocycles. The van der Waals surface area contributed by atoms with Crippen LogP contribution < -0.4 is 0 Å². The SMILES string of the molecule is COCCN=Cc1c(O)n(C)c2ccccc12. The van der Waals surface area contributed by atoms with E-state index in [9.17, 15) is 5.11 Å². The van der Waals surface area contributed by atoms with Gasteiger partial charge in [-0.2, -0.15) is 0 Å². The first-order chi connectivity index (χ1) is 8.25. The Hall–Kier alpha value is -1.81. The standard InChI is InChI=1S/C13H16N2O2/c1-15-12-6-4-3-5-10(12)11(13(15)16)9-14-7-8-17-2/h3-6,9,16H,7-8H2,1-2H3. The first-order valence-corrected chi connectivity index (χ1v) is 5.51. The Kier molecular flexibility index (Phi) is 3.44. The highest BCUT2D eigenvalue weighted by atomic mass is 16.5. The molecule has 1 heterocycles. The lowest BCUT2D eigenvalue weighted by atomic mass is 10.2. The zero-order chi connectivity index (χ0) is 12.3. The van der Waals surface area contributed by atoms with E-state index in [1.807, 2.05) is 31.3 Å². The molecule has 4 heteroatoms. The molecule has 0 saturated heterocycles. The van der Waals surface area contributed by atoms with Gasteiger partial charge in [-0.3, -0.25) is 4.99 Å². The Bertz CT molecular complexity index is 544. The molecule has 1 N–H and O–H groups in total. The number of benzene rings is 1. The number of aromatic nitrogens is 1. The number of aromatic hydroxyl groups is 1. The van der Waals surface area contributed by atoms with E-state index >= 15 is 0 Å². The van der Waals surface area contributed by atoms with Crippen LogP contribution in [0.25, 0.3) is 10.9 Å². The van der Waals surface area contributed by atoms with Crippen molar-refractivity contribution in [3.63, 3.8) is 0 Å². The number of rotatable bonds is 4. The predicted octanol–water partition coefficient (Wildman–Crippen LogP) is 1.95. The van der Waals surface area contributed by atoms with E-state index in [4.69, 9.17) is 4.74 Å². The van der Waals surface area contributed by atoms with Crippen molar-refractivity contribution in [1.82, 2.24) is 4.57 Å². The number of methoxy groups -OCH3 is 1. The number of fused-ring (bicyclic) bond motifs is 1. The number of hydrogen-bond acceptors (Lipinski definition) is 3. The van der Waals surface area contributed by atoms with Gasteiger partial charge in [0.05, 0.1) is 24.2 Å². The second-order valence-electron chi connectivity index (χ2n) is 3.84. The molecule has 4 nitrogen and oxygen atoms in total. The van der Waals surface area contributed by atoms with Crippen LogP contribution in [0.2, 0.25) is 0 Å². The van der Waals surface area contributed by atoms with Crippen molar-refractivity contribution in [2.75, 3.05) is 20.3 Å². The Labute approximate surface area is 100 Å². The molecule has 2 aromatic rings. The lowest BCUT2D eigenvalue weighted by Gasteiger charge is -1.96. The zero-order valence-corrected chi connectivity index (χ0v) is 10.1. The van der Waals surface area contributed by atoms with Crippen molar-refractivity contribution in [3.05, 3.63) is 29.8 Å². The maximum atomic E-state index is 10.0. The topological polar surface area (TPSA) is 46.8 Å². The Morgan fingerprint density at radius 2 is 2.18 bits per heavy atom. The van der Waals surface area contributed by atoms with Gasteiger partial charge in [-0.05, 0) is 6.07 Å². The van der Waals surface area contributed by atoms with E-state index in [2.05, 4.69) is 4.99 Å². The Morgan fingerprint density at radius 1 is 1.41 bits per heavy atom. The van der Waals surface area contributed by atoms with E-state index in [0.717, 1.165) is 16.5 Å². The number of aliphatic imine (C=N–C) groups is 1. The summed E-state index contributed by atoms with van der Waals surface area (Å²) in [6, 6.07) is 7.86. The number of ether oxygens (including phenoxy) is 1. The summed E-state index contributed by atoms with van der Waals surface area (Å²) in [4.78, 5) is 4.23. The fourth-order valence-electron chi connectivity index (χ4n) is 1.84. The monoisotopic (exact) mass is 232 g/mol.